The van der Waals surface area contributed by atoms with Gasteiger partial charge in [-0.05, 0) is 48.1 Å². The van der Waals surface area contributed by atoms with Gasteiger partial charge in [0.25, 0.3) is 0 Å². The van der Waals surface area contributed by atoms with Crippen molar-refractivity contribution >= 4 is 15.9 Å². The highest BCUT2D eigenvalue weighted by atomic mass is 79.9. The zero-order valence-electron chi connectivity index (χ0n) is 10.6. The van der Waals surface area contributed by atoms with Crippen LogP contribution in [0, 0.1) is 5.41 Å². The lowest BCUT2D eigenvalue weighted by atomic mass is 9.81. The number of ether oxygens (including phenoxy) is 1. The number of hydrogen-bond donors (Lipinski definition) is 1. The fourth-order valence-corrected chi connectivity index (χ4v) is 2.83. The second-order valence-corrected chi connectivity index (χ2v) is 6.11. The maximum atomic E-state index is 5.90. The standard InChI is InChI=1S/C14H20BrNO/c1-3-14(2,9-16)8-11-7-12(15)6-10-4-5-17-13(10)11/h6-7H,3-5,8-9,16H2,1-2H3. The Bertz CT molecular complexity index is 413. The molecular weight excluding hydrogens is 278 g/mol. The summed E-state index contributed by atoms with van der Waals surface area (Å²) in [4.78, 5) is 0. The quantitative estimate of drug-likeness (QED) is 0.925. The minimum absolute atomic E-state index is 0.167. The molecule has 1 unspecified atom stereocenters. The molecule has 2 rings (SSSR count). The highest BCUT2D eigenvalue weighted by Crippen LogP contribution is 2.37. The maximum absolute atomic E-state index is 5.90. The fraction of sp³-hybridized carbons (Fsp3) is 0.571. The first-order valence-corrected chi connectivity index (χ1v) is 7.01. The Morgan fingerprint density at radius 1 is 1.47 bits per heavy atom. The van der Waals surface area contributed by atoms with E-state index in [2.05, 4.69) is 41.9 Å². The zero-order valence-corrected chi connectivity index (χ0v) is 12.1. The first-order chi connectivity index (χ1) is 8.08. The van der Waals surface area contributed by atoms with E-state index in [0.29, 0.717) is 6.54 Å². The fourth-order valence-electron chi connectivity index (χ4n) is 2.28. The van der Waals surface area contributed by atoms with Gasteiger partial charge in [0.15, 0.2) is 0 Å². The van der Waals surface area contributed by atoms with Crippen LogP contribution >= 0.6 is 15.9 Å². The number of rotatable bonds is 4. The summed E-state index contributed by atoms with van der Waals surface area (Å²) in [6.07, 6.45) is 3.10. The minimum atomic E-state index is 0.167. The Hall–Kier alpha value is -0.540. The molecule has 0 aromatic heterocycles. The Balaban J connectivity index is 2.33. The molecule has 1 aromatic rings. The Kier molecular flexibility index (Phi) is 3.79. The van der Waals surface area contributed by atoms with Gasteiger partial charge in [0.05, 0.1) is 6.61 Å². The SMILES string of the molecule is CCC(C)(CN)Cc1cc(Br)cc2c1OCC2. The van der Waals surface area contributed by atoms with Crippen LogP contribution in [0.15, 0.2) is 16.6 Å². The molecular formula is C14H20BrNO. The summed E-state index contributed by atoms with van der Waals surface area (Å²) >= 11 is 3.58. The molecule has 1 aliphatic rings. The van der Waals surface area contributed by atoms with E-state index in [1.54, 1.807) is 0 Å². The van der Waals surface area contributed by atoms with E-state index in [0.717, 1.165) is 36.1 Å². The lowest BCUT2D eigenvalue weighted by Crippen LogP contribution is -2.28. The van der Waals surface area contributed by atoms with E-state index in [1.807, 2.05) is 0 Å². The molecule has 1 atom stereocenters. The number of halogens is 1. The molecule has 94 valence electrons. The molecule has 1 aliphatic heterocycles. The summed E-state index contributed by atoms with van der Waals surface area (Å²) in [5.74, 6) is 1.10. The first kappa shape index (κ1) is 12.9. The van der Waals surface area contributed by atoms with Crippen molar-refractivity contribution in [1.29, 1.82) is 0 Å². The van der Waals surface area contributed by atoms with Crippen LogP contribution in [0.1, 0.15) is 31.4 Å². The molecule has 0 radical (unpaired) electrons. The lowest BCUT2D eigenvalue weighted by molar-refractivity contribution is 0.307. The van der Waals surface area contributed by atoms with E-state index in [1.165, 1.54) is 11.1 Å². The molecule has 2 N–H and O–H groups in total. The van der Waals surface area contributed by atoms with E-state index in [4.69, 9.17) is 10.5 Å². The Morgan fingerprint density at radius 3 is 2.88 bits per heavy atom. The second-order valence-electron chi connectivity index (χ2n) is 5.20. The van der Waals surface area contributed by atoms with Crippen LogP contribution in [0.25, 0.3) is 0 Å². The van der Waals surface area contributed by atoms with Gasteiger partial charge in [-0.1, -0.05) is 29.8 Å². The Morgan fingerprint density at radius 2 is 2.24 bits per heavy atom. The van der Waals surface area contributed by atoms with Crippen LogP contribution in [0.2, 0.25) is 0 Å². The van der Waals surface area contributed by atoms with E-state index < -0.39 is 0 Å². The van der Waals surface area contributed by atoms with Crippen LogP contribution in [-0.2, 0) is 12.8 Å². The summed E-state index contributed by atoms with van der Waals surface area (Å²) < 4.78 is 6.90. The molecule has 3 heteroatoms. The van der Waals surface area contributed by atoms with E-state index >= 15 is 0 Å². The second kappa shape index (κ2) is 4.99. The molecule has 1 aromatic carbocycles. The molecule has 2 nitrogen and oxygen atoms in total. The molecule has 0 aliphatic carbocycles. The third-order valence-corrected chi connectivity index (χ3v) is 4.25. The third-order valence-electron chi connectivity index (χ3n) is 3.79. The van der Waals surface area contributed by atoms with Gasteiger partial charge in [-0.2, -0.15) is 0 Å². The average molecular weight is 298 g/mol. The van der Waals surface area contributed by atoms with Gasteiger partial charge < -0.3 is 10.5 Å². The monoisotopic (exact) mass is 297 g/mol. The molecule has 1 heterocycles. The largest absolute Gasteiger partial charge is 0.493 e. The van der Waals surface area contributed by atoms with Gasteiger partial charge in [-0.15, -0.1) is 0 Å². The predicted octanol–water partition coefficient (Wildman–Crippen LogP) is 3.30. The normalized spacial score (nSPS) is 17.4. The van der Waals surface area contributed by atoms with Gasteiger partial charge in [0.1, 0.15) is 5.75 Å². The molecule has 0 saturated heterocycles. The number of fused-ring (bicyclic) bond motifs is 1. The van der Waals surface area contributed by atoms with E-state index in [9.17, 15) is 0 Å². The lowest BCUT2D eigenvalue weighted by Gasteiger charge is -2.27. The summed E-state index contributed by atoms with van der Waals surface area (Å²) in [5, 5.41) is 0. The van der Waals surface area contributed by atoms with Crippen LogP contribution < -0.4 is 10.5 Å². The highest BCUT2D eigenvalue weighted by Gasteiger charge is 2.25. The predicted molar refractivity (Wildman–Crippen MR) is 74.5 cm³/mol. The van der Waals surface area contributed by atoms with Crippen molar-refractivity contribution in [1.82, 2.24) is 0 Å². The first-order valence-electron chi connectivity index (χ1n) is 6.22. The highest BCUT2D eigenvalue weighted by molar-refractivity contribution is 9.10. The van der Waals surface area contributed by atoms with Crippen molar-refractivity contribution < 1.29 is 4.74 Å². The summed E-state index contributed by atoms with van der Waals surface area (Å²) in [6, 6.07) is 4.34. The average Bonchev–Trinajstić information content (AvgIpc) is 2.77. The van der Waals surface area contributed by atoms with Crippen molar-refractivity contribution in [2.24, 2.45) is 11.1 Å². The van der Waals surface area contributed by atoms with Crippen molar-refractivity contribution in [3.8, 4) is 5.75 Å². The van der Waals surface area contributed by atoms with Gasteiger partial charge in [0, 0.05) is 10.9 Å². The van der Waals surface area contributed by atoms with Gasteiger partial charge in [0.2, 0.25) is 0 Å². The molecule has 17 heavy (non-hydrogen) atoms. The van der Waals surface area contributed by atoms with E-state index in [-0.39, 0.29) is 5.41 Å². The molecule has 0 spiro atoms. The minimum Gasteiger partial charge on any atom is -0.493 e. The van der Waals surface area contributed by atoms with Gasteiger partial charge >= 0.3 is 0 Å². The topological polar surface area (TPSA) is 35.2 Å². The number of benzene rings is 1. The zero-order chi connectivity index (χ0) is 12.5. The van der Waals surface area contributed by atoms with Crippen LogP contribution in [0.3, 0.4) is 0 Å². The third kappa shape index (κ3) is 2.66. The molecule has 0 saturated carbocycles. The smallest absolute Gasteiger partial charge is 0.125 e. The molecule has 0 bridgehead atoms. The van der Waals surface area contributed by atoms with Crippen molar-refractivity contribution in [3.63, 3.8) is 0 Å². The van der Waals surface area contributed by atoms with Crippen molar-refractivity contribution in [3.05, 3.63) is 27.7 Å². The molecule has 0 amide bonds. The number of nitrogens with two attached hydrogens (primary N) is 1. The van der Waals surface area contributed by atoms with Crippen LogP contribution in [0.5, 0.6) is 5.75 Å². The van der Waals surface area contributed by atoms with Gasteiger partial charge in [-0.3, -0.25) is 0 Å². The van der Waals surface area contributed by atoms with Crippen molar-refractivity contribution in [2.75, 3.05) is 13.2 Å². The maximum Gasteiger partial charge on any atom is 0.125 e. The summed E-state index contributed by atoms with van der Waals surface area (Å²) in [5.41, 5.74) is 8.68. The van der Waals surface area contributed by atoms with Crippen molar-refractivity contribution in [2.45, 2.75) is 33.1 Å². The van der Waals surface area contributed by atoms with Crippen LogP contribution in [0.4, 0.5) is 0 Å². The van der Waals surface area contributed by atoms with Gasteiger partial charge in [-0.25, -0.2) is 0 Å². The van der Waals surface area contributed by atoms with Crippen LogP contribution in [-0.4, -0.2) is 13.2 Å². The summed E-state index contributed by atoms with van der Waals surface area (Å²) in [7, 11) is 0. The Labute approximate surface area is 112 Å². The number of hydrogen-bond acceptors (Lipinski definition) is 2. The summed E-state index contributed by atoms with van der Waals surface area (Å²) in [6.45, 7) is 5.97. The molecule has 0 fully saturated rings.